The molecule has 0 spiro atoms. The summed E-state index contributed by atoms with van der Waals surface area (Å²) in [6, 6.07) is -3.83. The van der Waals surface area contributed by atoms with Crippen LogP contribution in [0.3, 0.4) is 0 Å². The normalized spacial score (nSPS) is 47.2. The number of hydrogen-bond acceptors (Lipinski definition) is 3. The molecular formula is C11H19NO4. The highest BCUT2D eigenvalue weighted by molar-refractivity contribution is 5.80. The molecule has 1 amide bonds. The monoisotopic (exact) mass is 238 g/mol. The highest BCUT2D eigenvalue weighted by Gasteiger charge is 2.34. The second kappa shape index (κ2) is 4.72. The van der Waals surface area contributed by atoms with Gasteiger partial charge in [0, 0.05) is 17.5 Å². The summed E-state index contributed by atoms with van der Waals surface area (Å²) >= 11 is 0. The van der Waals surface area contributed by atoms with Crippen molar-refractivity contribution in [3.63, 3.8) is 0 Å². The molecule has 0 bridgehead atoms. The molecule has 5 nitrogen and oxygen atoms in total. The number of hydrogen-bond donors (Lipinski definition) is 1. The van der Waals surface area contributed by atoms with Gasteiger partial charge in [0.05, 0.1) is 1.37 Å². The van der Waals surface area contributed by atoms with Gasteiger partial charge in [-0.25, -0.2) is 9.59 Å². The maximum absolute atomic E-state index is 12.4. The summed E-state index contributed by atoms with van der Waals surface area (Å²) in [6.07, 6.45) is -13.1. The van der Waals surface area contributed by atoms with Gasteiger partial charge in [0.25, 0.3) is 0 Å². The molecule has 0 unspecified atom stereocenters. The molecule has 1 fully saturated rings. The van der Waals surface area contributed by atoms with Crippen molar-refractivity contribution in [1.82, 2.24) is 4.90 Å². The number of aliphatic carboxylic acids is 1. The Hall–Kier alpha value is -1.26. The minimum atomic E-state index is -3.83. The van der Waals surface area contributed by atoms with E-state index in [1.807, 2.05) is 0 Å². The van der Waals surface area contributed by atoms with E-state index in [9.17, 15) is 14.7 Å². The fourth-order valence-corrected chi connectivity index (χ4v) is 0.880. The zero-order valence-corrected chi connectivity index (χ0v) is 9.12. The molecule has 1 rings (SSSR count). The number of nitrogens with zero attached hydrogens (tertiary/aromatic N) is 1. The lowest BCUT2D eigenvalue weighted by atomic mass is 10.0. The van der Waals surface area contributed by atoms with Crippen molar-refractivity contribution in [3.8, 4) is 0 Å². The van der Waals surface area contributed by atoms with E-state index in [4.69, 9.17) is 17.1 Å². The van der Waals surface area contributed by atoms with Gasteiger partial charge >= 0.3 is 12.1 Å². The number of rotatable bonds is 1. The van der Waals surface area contributed by atoms with Crippen molar-refractivity contribution in [2.75, 3.05) is 6.50 Å². The van der Waals surface area contributed by atoms with Crippen LogP contribution in [-0.4, -0.2) is 40.2 Å². The van der Waals surface area contributed by atoms with Gasteiger partial charge in [-0.1, -0.05) is 0 Å². The van der Waals surface area contributed by atoms with Crippen LogP contribution in [0, 0.1) is 0 Å². The van der Waals surface area contributed by atoms with Crippen LogP contribution in [0.4, 0.5) is 4.79 Å². The predicted molar refractivity (Wildman–Crippen MR) is 58.2 cm³/mol. The molecule has 1 aliphatic rings. The van der Waals surface area contributed by atoms with Gasteiger partial charge in [0.2, 0.25) is 0 Å². The minimum Gasteiger partial charge on any atom is -0.480 e. The lowest BCUT2D eigenvalue weighted by Crippen LogP contribution is -2.49. The highest BCUT2D eigenvalue weighted by Crippen LogP contribution is 2.20. The van der Waals surface area contributed by atoms with Crippen molar-refractivity contribution in [2.24, 2.45) is 0 Å². The summed E-state index contributed by atoms with van der Waals surface area (Å²) in [6.45, 7) is 0.336. The van der Waals surface area contributed by atoms with Gasteiger partial charge in [0.15, 0.2) is 0 Å². The van der Waals surface area contributed by atoms with E-state index in [-0.39, 0.29) is 0 Å². The molecule has 5 heteroatoms. The number of amides is 1. The lowest BCUT2D eigenvalue weighted by Gasteiger charge is -2.34. The first-order valence-electron chi connectivity index (χ1n) is 8.96. The quantitative estimate of drug-likeness (QED) is 0.757. The summed E-state index contributed by atoms with van der Waals surface area (Å²) < 4.78 is 74.7. The fourth-order valence-electron chi connectivity index (χ4n) is 0.880. The zero-order valence-electron chi connectivity index (χ0n) is 18.1. The van der Waals surface area contributed by atoms with Gasteiger partial charge in [-0.15, -0.1) is 0 Å². The molecule has 16 heavy (non-hydrogen) atoms. The summed E-state index contributed by atoms with van der Waals surface area (Å²) in [4.78, 5) is 23.5. The average Bonchev–Trinajstić information content (AvgIpc) is 2.33. The topological polar surface area (TPSA) is 66.8 Å². The van der Waals surface area contributed by atoms with Gasteiger partial charge in [-0.2, -0.15) is 0 Å². The Morgan fingerprint density at radius 1 is 1.50 bits per heavy atom. The van der Waals surface area contributed by atoms with Crippen molar-refractivity contribution in [1.29, 1.82) is 0 Å². The largest absolute Gasteiger partial charge is 0.480 e. The van der Waals surface area contributed by atoms with Crippen molar-refractivity contribution >= 4 is 12.1 Å². The van der Waals surface area contributed by atoms with E-state index >= 15 is 0 Å². The molecule has 0 saturated carbocycles. The SMILES string of the molecule is [2H]C1([2H])N(C(=O)OC(C)(C)C)[C@@]([2H])(C(=O)O)C([2H])([2H])C([2H])([2H])C1([2H])[2H]. The van der Waals surface area contributed by atoms with Gasteiger partial charge in [0.1, 0.15) is 11.6 Å². The molecule has 1 aliphatic heterocycles. The second-order valence-corrected chi connectivity index (χ2v) is 3.96. The highest BCUT2D eigenvalue weighted by atomic mass is 16.6. The second-order valence-electron chi connectivity index (χ2n) is 3.96. The number of ether oxygens (including phenoxy) is 1. The smallest absolute Gasteiger partial charge is 0.411 e. The summed E-state index contributed by atoms with van der Waals surface area (Å²) in [5.41, 5.74) is -1.29. The Bertz CT molecular complexity index is 601. The third-order valence-electron chi connectivity index (χ3n) is 1.41. The van der Waals surface area contributed by atoms with Crippen LogP contribution in [0.15, 0.2) is 0 Å². The molecule has 0 aromatic carbocycles. The van der Waals surface area contributed by atoms with Crippen molar-refractivity contribution < 1.29 is 31.8 Å². The van der Waals surface area contributed by atoms with Gasteiger partial charge < -0.3 is 9.84 Å². The predicted octanol–water partition coefficient (Wildman–Crippen LogP) is 1.86. The number of carboxylic acid groups (broad SMARTS) is 1. The Labute approximate surface area is 108 Å². The van der Waals surface area contributed by atoms with Crippen LogP contribution < -0.4 is 0 Å². The van der Waals surface area contributed by atoms with E-state index in [1.165, 1.54) is 20.8 Å². The van der Waals surface area contributed by atoms with Crippen molar-refractivity contribution in [2.45, 2.75) is 51.5 Å². The fraction of sp³-hybridized carbons (Fsp3) is 0.818. The van der Waals surface area contributed by atoms with E-state index in [2.05, 4.69) is 0 Å². The third-order valence-corrected chi connectivity index (χ3v) is 1.41. The summed E-state index contributed by atoms with van der Waals surface area (Å²) in [5.74, 6) is -2.37. The van der Waals surface area contributed by atoms with E-state index in [0.29, 0.717) is 0 Å². The Balaban J connectivity index is 3.81. The summed E-state index contributed by atoms with van der Waals surface area (Å²) in [5, 5.41) is 9.35. The first-order valence-corrected chi connectivity index (χ1v) is 4.46. The van der Waals surface area contributed by atoms with Crippen LogP contribution in [-0.2, 0) is 9.53 Å². The average molecular weight is 238 g/mol. The lowest BCUT2D eigenvalue weighted by molar-refractivity contribution is -0.144. The number of carbonyl (C=O) groups is 2. The molecule has 0 aromatic heterocycles. The van der Waals surface area contributed by atoms with Crippen LogP contribution in [0.2, 0.25) is 0 Å². The third kappa shape index (κ3) is 3.40. The Kier molecular flexibility index (Phi) is 1.46. The number of carboxylic acids is 1. The minimum absolute atomic E-state index is 0.519. The molecular weight excluding hydrogens is 210 g/mol. The Morgan fingerprint density at radius 3 is 2.62 bits per heavy atom. The van der Waals surface area contributed by atoms with Crippen LogP contribution in [0.25, 0.3) is 0 Å². The Morgan fingerprint density at radius 2 is 2.12 bits per heavy atom. The maximum Gasteiger partial charge on any atom is 0.411 e. The molecule has 0 radical (unpaired) electrons. The number of piperidine rings is 1. The van der Waals surface area contributed by atoms with Gasteiger partial charge in [-0.05, 0) is 39.9 Å². The van der Waals surface area contributed by atoms with E-state index in [1.54, 1.807) is 0 Å². The van der Waals surface area contributed by atoms with Crippen LogP contribution in [0.1, 0.15) is 52.2 Å². The van der Waals surface area contributed by atoms with E-state index < -0.39 is 54.2 Å². The first-order chi connectivity index (χ1) is 10.7. The molecule has 1 atom stereocenters. The van der Waals surface area contributed by atoms with E-state index in [0.717, 1.165) is 0 Å². The van der Waals surface area contributed by atoms with Gasteiger partial charge in [-0.3, -0.25) is 4.90 Å². The molecule has 1 heterocycles. The van der Waals surface area contributed by atoms with Crippen molar-refractivity contribution in [3.05, 3.63) is 0 Å². The molecule has 1 saturated heterocycles. The number of likely N-dealkylation sites (tertiary alicyclic amines) is 1. The maximum atomic E-state index is 12.4. The molecule has 0 aliphatic carbocycles. The van der Waals surface area contributed by atoms with Crippen LogP contribution in [0.5, 0.6) is 0 Å². The first kappa shape index (κ1) is 4.94. The number of carbonyl (C=O) groups excluding carboxylic acids is 1. The summed E-state index contributed by atoms with van der Waals surface area (Å²) in [7, 11) is 0. The molecule has 92 valence electrons. The van der Waals surface area contributed by atoms with Crippen LogP contribution >= 0.6 is 0 Å². The molecule has 1 N–H and O–H groups in total. The standard InChI is InChI=1S/C11H19NO4/c1-11(2,3)16-10(15)12-7-5-4-6-8(12)9(13)14/h8H,4-7H2,1-3H3,(H,13,14)/t8-/m1/s1/i4D2,5D2,6D2,7D2,8D. The zero-order chi connectivity index (χ0) is 20.4. The molecule has 0 aromatic rings.